The molecule has 1 rings (SSSR count). The Hall–Kier alpha value is -1.09. The zero-order valence-electron chi connectivity index (χ0n) is 9.35. The molecule has 0 aliphatic carbocycles. The summed E-state index contributed by atoms with van der Waals surface area (Å²) in [5.74, 6) is 0.104. The molecule has 1 aromatic carbocycles. The van der Waals surface area contributed by atoms with Crippen LogP contribution in [0.5, 0.6) is 5.75 Å². The van der Waals surface area contributed by atoms with Crippen molar-refractivity contribution in [2.45, 2.75) is 19.8 Å². The smallest absolute Gasteiger partial charge is 0.168 e. The Kier molecular flexibility index (Phi) is 5.12. The predicted octanol–water partition coefficient (Wildman–Crippen LogP) is 2.38. The summed E-state index contributed by atoms with van der Waals surface area (Å²) in [6.45, 7) is 3.94. The zero-order valence-corrected chi connectivity index (χ0v) is 9.35. The first-order valence-electron chi connectivity index (χ1n) is 5.31. The van der Waals surface area contributed by atoms with Crippen molar-refractivity contribution in [3.8, 4) is 5.75 Å². The third-order valence-electron chi connectivity index (χ3n) is 2.31. The Labute approximate surface area is 90.4 Å². The molecule has 0 radical (unpaired) electrons. The van der Waals surface area contributed by atoms with E-state index in [4.69, 9.17) is 4.74 Å². The summed E-state index contributed by atoms with van der Waals surface area (Å²) in [5.41, 5.74) is 0.729. The second-order valence-corrected chi connectivity index (χ2v) is 3.39. The van der Waals surface area contributed by atoms with Gasteiger partial charge in [-0.05, 0) is 37.6 Å². The van der Waals surface area contributed by atoms with Crippen LogP contribution in [-0.4, -0.2) is 20.2 Å². The standard InChI is InChI=1S/C12H18FNO/c1-3-14-9-5-7-10-6-4-8-11(15-2)12(10)13/h4,6,8,14H,3,5,7,9H2,1-2H3. The van der Waals surface area contributed by atoms with Gasteiger partial charge in [-0.1, -0.05) is 19.1 Å². The molecule has 0 saturated heterocycles. The molecule has 0 fully saturated rings. The highest BCUT2D eigenvalue weighted by Crippen LogP contribution is 2.20. The van der Waals surface area contributed by atoms with Crippen molar-refractivity contribution >= 4 is 0 Å². The van der Waals surface area contributed by atoms with Gasteiger partial charge in [0.1, 0.15) is 0 Å². The van der Waals surface area contributed by atoms with E-state index in [2.05, 4.69) is 12.2 Å². The summed E-state index contributed by atoms with van der Waals surface area (Å²) in [4.78, 5) is 0. The van der Waals surface area contributed by atoms with Gasteiger partial charge in [0, 0.05) is 0 Å². The number of rotatable bonds is 6. The van der Waals surface area contributed by atoms with E-state index in [-0.39, 0.29) is 5.82 Å². The number of benzene rings is 1. The van der Waals surface area contributed by atoms with Crippen molar-refractivity contribution in [2.24, 2.45) is 0 Å². The van der Waals surface area contributed by atoms with E-state index in [1.807, 2.05) is 12.1 Å². The molecule has 0 atom stereocenters. The Morgan fingerprint density at radius 2 is 2.20 bits per heavy atom. The summed E-state index contributed by atoms with van der Waals surface area (Å²) < 4.78 is 18.6. The lowest BCUT2D eigenvalue weighted by Gasteiger charge is -2.07. The Morgan fingerprint density at radius 3 is 2.87 bits per heavy atom. The maximum atomic E-state index is 13.6. The van der Waals surface area contributed by atoms with E-state index in [1.54, 1.807) is 6.07 Å². The summed E-state index contributed by atoms with van der Waals surface area (Å²) >= 11 is 0. The first-order chi connectivity index (χ1) is 7.29. The van der Waals surface area contributed by atoms with E-state index >= 15 is 0 Å². The van der Waals surface area contributed by atoms with Gasteiger partial charge in [-0.3, -0.25) is 0 Å². The molecule has 0 bridgehead atoms. The second kappa shape index (κ2) is 6.40. The van der Waals surface area contributed by atoms with Crippen LogP contribution in [0.15, 0.2) is 18.2 Å². The minimum atomic E-state index is -0.225. The largest absolute Gasteiger partial charge is 0.494 e. The van der Waals surface area contributed by atoms with E-state index in [1.165, 1.54) is 7.11 Å². The van der Waals surface area contributed by atoms with Crippen molar-refractivity contribution in [3.05, 3.63) is 29.6 Å². The topological polar surface area (TPSA) is 21.3 Å². The third kappa shape index (κ3) is 3.51. The minimum absolute atomic E-state index is 0.225. The Morgan fingerprint density at radius 1 is 1.40 bits per heavy atom. The molecule has 0 spiro atoms. The van der Waals surface area contributed by atoms with E-state index in [0.717, 1.165) is 31.5 Å². The number of aryl methyl sites for hydroxylation is 1. The fraction of sp³-hybridized carbons (Fsp3) is 0.500. The van der Waals surface area contributed by atoms with Gasteiger partial charge in [-0.25, -0.2) is 4.39 Å². The van der Waals surface area contributed by atoms with Crippen molar-refractivity contribution in [1.82, 2.24) is 5.32 Å². The van der Waals surface area contributed by atoms with Crippen LogP contribution in [-0.2, 0) is 6.42 Å². The minimum Gasteiger partial charge on any atom is -0.494 e. The SMILES string of the molecule is CCNCCCc1cccc(OC)c1F. The zero-order chi connectivity index (χ0) is 11.1. The number of ether oxygens (including phenoxy) is 1. The number of methoxy groups -OCH3 is 1. The summed E-state index contributed by atoms with van der Waals surface area (Å²) in [6.07, 6.45) is 1.69. The molecule has 0 heterocycles. The molecule has 2 nitrogen and oxygen atoms in total. The van der Waals surface area contributed by atoms with Crippen LogP contribution in [0, 0.1) is 5.82 Å². The highest BCUT2D eigenvalue weighted by atomic mass is 19.1. The lowest BCUT2D eigenvalue weighted by atomic mass is 10.1. The Balaban J connectivity index is 2.53. The maximum absolute atomic E-state index is 13.6. The fourth-order valence-electron chi connectivity index (χ4n) is 1.49. The average molecular weight is 211 g/mol. The van der Waals surface area contributed by atoms with Crippen molar-refractivity contribution in [2.75, 3.05) is 20.2 Å². The fourth-order valence-corrected chi connectivity index (χ4v) is 1.49. The summed E-state index contributed by atoms with van der Waals surface area (Å²) in [7, 11) is 1.49. The first-order valence-corrected chi connectivity index (χ1v) is 5.31. The van der Waals surface area contributed by atoms with E-state index < -0.39 is 0 Å². The molecule has 0 amide bonds. The van der Waals surface area contributed by atoms with Gasteiger partial charge < -0.3 is 10.1 Å². The highest BCUT2D eigenvalue weighted by Gasteiger charge is 2.07. The van der Waals surface area contributed by atoms with Crippen molar-refractivity contribution in [3.63, 3.8) is 0 Å². The van der Waals surface area contributed by atoms with Crippen LogP contribution >= 0.6 is 0 Å². The molecule has 84 valence electrons. The van der Waals surface area contributed by atoms with Crippen LogP contribution in [0.1, 0.15) is 18.9 Å². The molecule has 0 unspecified atom stereocenters. The van der Waals surface area contributed by atoms with Crippen LogP contribution in [0.3, 0.4) is 0 Å². The monoisotopic (exact) mass is 211 g/mol. The molecule has 1 N–H and O–H groups in total. The van der Waals surface area contributed by atoms with Gasteiger partial charge in [-0.2, -0.15) is 0 Å². The number of nitrogens with one attached hydrogen (secondary N) is 1. The molecular formula is C12H18FNO. The first kappa shape index (κ1) is 12.0. The quantitative estimate of drug-likeness (QED) is 0.729. The van der Waals surface area contributed by atoms with Gasteiger partial charge in [0.15, 0.2) is 11.6 Å². The molecule has 0 aliphatic rings. The summed E-state index contributed by atoms with van der Waals surface area (Å²) in [5, 5.41) is 3.21. The molecule has 15 heavy (non-hydrogen) atoms. The normalized spacial score (nSPS) is 10.3. The van der Waals surface area contributed by atoms with Gasteiger partial charge in [0.05, 0.1) is 7.11 Å². The van der Waals surface area contributed by atoms with E-state index in [0.29, 0.717) is 5.75 Å². The predicted molar refractivity (Wildman–Crippen MR) is 59.8 cm³/mol. The van der Waals surface area contributed by atoms with Gasteiger partial charge in [-0.15, -0.1) is 0 Å². The van der Waals surface area contributed by atoms with Gasteiger partial charge in [0.25, 0.3) is 0 Å². The van der Waals surface area contributed by atoms with E-state index in [9.17, 15) is 4.39 Å². The molecule has 1 aromatic rings. The molecule has 0 aromatic heterocycles. The lowest BCUT2D eigenvalue weighted by molar-refractivity contribution is 0.384. The van der Waals surface area contributed by atoms with Gasteiger partial charge in [0.2, 0.25) is 0 Å². The van der Waals surface area contributed by atoms with Crippen LogP contribution in [0.4, 0.5) is 4.39 Å². The Bertz CT molecular complexity index is 302. The van der Waals surface area contributed by atoms with Crippen LogP contribution in [0.25, 0.3) is 0 Å². The lowest BCUT2D eigenvalue weighted by Crippen LogP contribution is -2.14. The van der Waals surface area contributed by atoms with Gasteiger partial charge >= 0.3 is 0 Å². The van der Waals surface area contributed by atoms with Crippen molar-refractivity contribution < 1.29 is 9.13 Å². The highest BCUT2D eigenvalue weighted by molar-refractivity contribution is 5.31. The number of hydrogen-bond acceptors (Lipinski definition) is 2. The maximum Gasteiger partial charge on any atom is 0.168 e. The number of hydrogen-bond donors (Lipinski definition) is 1. The second-order valence-electron chi connectivity index (χ2n) is 3.39. The summed E-state index contributed by atoms with van der Waals surface area (Å²) in [6, 6.07) is 5.28. The van der Waals surface area contributed by atoms with Crippen LogP contribution < -0.4 is 10.1 Å². The molecular weight excluding hydrogens is 193 g/mol. The average Bonchev–Trinajstić information content (AvgIpc) is 2.26. The molecule has 3 heteroatoms. The van der Waals surface area contributed by atoms with Crippen molar-refractivity contribution in [1.29, 1.82) is 0 Å². The molecule has 0 saturated carbocycles. The molecule has 0 aliphatic heterocycles. The third-order valence-corrected chi connectivity index (χ3v) is 2.31. The number of halogens is 1. The van der Waals surface area contributed by atoms with Crippen LogP contribution in [0.2, 0.25) is 0 Å².